The Morgan fingerprint density at radius 2 is 1.62 bits per heavy atom. The number of carbonyl (C=O) groups is 3. The zero-order valence-electron chi connectivity index (χ0n) is 15.5. The fourth-order valence-electron chi connectivity index (χ4n) is 2.90. The Morgan fingerprint density at radius 1 is 1.08 bits per heavy atom. The van der Waals surface area contributed by atoms with Crippen LogP contribution in [0.1, 0.15) is 42.6 Å². The van der Waals surface area contributed by atoms with Gasteiger partial charge in [0.15, 0.2) is 6.04 Å². The van der Waals surface area contributed by atoms with Gasteiger partial charge in [0.25, 0.3) is 17.7 Å². The van der Waals surface area contributed by atoms with Gasteiger partial charge in [-0.3, -0.25) is 19.6 Å². The number of nitrogens with one attached hydrogen (secondary N) is 2. The first-order chi connectivity index (χ1) is 12.3. The highest BCUT2D eigenvalue weighted by Gasteiger charge is 2.33. The summed E-state index contributed by atoms with van der Waals surface area (Å²) in [5.74, 6) is -1.49. The second-order valence-electron chi connectivity index (χ2n) is 6.57. The van der Waals surface area contributed by atoms with Crippen molar-refractivity contribution in [3.63, 3.8) is 0 Å². The van der Waals surface area contributed by atoms with Gasteiger partial charge in [-0.05, 0) is 55.9 Å². The van der Waals surface area contributed by atoms with Crippen LogP contribution in [0.25, 0.3) is 5.57 Å². The van der Waals surface area contributed by atoms with Crippen molar-refractivity contribution >= 4 is 23.3 Å². The van der Waals surface area contributed by atoms with E-state index in [-0.39, 0.29) is 0 Å². The molecule has 1 unspecified atom stereocenters. The van der Waals surface area contributed by atoms with E-state index in [1.807, 2.05) is 12.1 Å². The number of hydrogen-bond donors (Lipinski definition) is 3. The lowest BCUT2D eigenvalue weighted by molar-refractivity contribution is -0.140. The average molecular weight is 359 g/mol. The summed E-state index contributed by atoms with van der Waals surface area (Å²) in [6, 6.07) is 5.62. The van der Waals surface area contributed by atoms with Gasteiger partial charge in [-0.25, -0.2) is 5.48 Å². The highest BCUT2D eigenvalue weighted by molar-refractivity contribution is 6.08. The van der Waals surface area contributed by atoms with Crippen molar-refractivity contribution in [2.45, 2.75) is 32.7 Å². The number of allylic oxidation sites excluding steroid dienone is 2. The molecule has 3 N–H and O–H groups in total. The van der Waals surface area contributed by atoms with Crippen LogP contribution < -0.4 is 10.8 Å². The minimum absolute atomic E-state index is 0.354. The molecule has 3 amide bonds. The van der Waals surface area contributed by atoms with Gasteiger partial charge in [0.1, 0.15) is 0 Å². The van der Waals surface area contributed by atoms with E-state index in [1.165, 1.54) is 43.6 Å². The number of likely N-dealkylation sites (N-methyl/N-ethyl adjacent to an activating group) is 2. The SMILES string of the molecule is CNC(=O)C(C(=O)NO)N(C)C(=O)c1ccc(/C(C)=C(\C)C2CC2)cc1. The lowest BCUT2D eigenvalue weighted by Crippen LogP contribution is -2.54. The van der Waals surface area contributed by atoms with Crippen molar-refractivity contribution in [1.29, 1.82) is 0 Å². The van der Waals surface area contributed by atoms with Gasteiger partial charge in [-0.2, -0.15) is 0 Å². The molecule has 140 valence electrons. The second-order valence-corrected chi connectivity index (χ2v) is 6.57. The normalized spacial score (nSPS) is 15.6. The van der Waals surface area contributed by atoms with Gasteiger partial charge in [0.2, 0.25) is 0 Å². The molecule has 7 heteroatoms. The zero-order chi connectivity index (χ0) is 19.4. The molecule has 0 spiro atoms. The predicted molar refractivity (Wildman–Crippen MR) is 97.3 cm³/mol. The lowest BCUT2D eigenvalue weighted by Gasteiger charge is -2.25. The van der Waals surface area contributed by atoms with Gasteiger partial charge in [-0.1, -0.05) is 17.7 Å². The first-order valence-corrected chi connectivity index (χ1v) is 8.52. The Hall–Kier alpha value is -2.67. The number of amides is 3. The molecule has 1 aliphatic rings. The van der Waals surface area contributed by atoms with Crippen LogP contribution in [0.5, 0.6) is 0 Å². The maximum absolute atomic E-state index is 12.6. The summed E-state index contributed by atoms with van der Waals surface area (Å²) >= 11 is 0. The molecule has 26 heavy (non-hydrogen) atoms. The zero-order valence-corrected chi connectivity index (χ0v) is 15.5. The van der Waals surface area contributed by atoms with E-state index < -0.39 is 23.8 Å². The summed E-state index contributed by atoms with van der Waals surface area (Å²) in [5.41, 5.74) is 5.41. The molecule has 7 nitrogen and oxygen atoms in total. The smallest absolute Gasteiger partial charge is 0.275 e. The van der Waals surface area contributed by atoms with Crippen molar-refractivity contribution in [2.24, 2.45) is 5.92 Å². The van der Waals surface area contributed by atoms with Crippen molar-refractivity contribution < 1.29 is 19.6 Å². The van der Waals surface area contributed by atoms with Crippen molar-refractivity contribution in [1.82, 2.24) is 15.7 Å². The van der Waals surface area contributed by atoms with E-state index in [1.54, 1.807) is 12.1 Å². The molecule has 1 atom stereocenters. The summed E-state index contributed by atoms with van der Waals surface area (Å²) in [6.45, 7) is 4.21. The number of benzene rings is 1. The molecule has 0 aliphatic heterocycles. The maximum Gasteiger partial charge on any atom is 0.275 e. The third-order valence-corrected chi connectivity index (χ3v) is 4.91. The summed E-state index contributed by atoms with van der Waals surface area (Å²) in [4.78, 5) is 37.3. The molecule has 0 radical (unpaired) electrons. The Kier molecular flexibility index (Phi) is 6.15. The Morgan fingerprint density at radius 3 is 2.08 bits per heavy atom. The summed E-state index contributed by atoms with van der Waals surface area (Å²) < 4.78 is 0. The molecule has 1 aromatic rings. The molecular weight excluding hydrogens is 334 g/mol. The fourth-order valence-corrected chi connectivity index (χ4v) is 2.90. The highest BCUT2D eigenvalue weighted by Crippen LogP contribution is 2.39. The Labute approximate surface area is 153 Å². The first-order valence-electron chi connectivity index (χ1n) is 8.52. The summed E-state index contributed by atoms with van der Waals surface area (Å²) in [6.07, 6.45) is 2.47. The molecule has 0 aromatic heterocycles. The largest absolute Gasteiger partial charge is 0.357 e. The number of hydroxylamine groups is 1. The molecule has 1 saturated carbocycles. The van der Waals surface area contributed by atoms with Crippen LogP contribution in [0.3, 0.4) is 0 Å². The minimum atomic E-state index is -1.46. The second kappa shape index (κ2) is 8.14. The van der Waals surface area contributed by atoms with Crippen LogP contribution in [0.2, 0.25) is 0 Å². The van der Waals surface area contributed by atoms with Crippen LogP contribution in [0.4, 0.5) is 0 Å². The molecule has 0 heterocycles. The molecule has 1 fully saturated rings. The van der Waals surface area contributed by atoms with Crippen molar-refractivity contribution in [3.05, 3.63) is 41.0 Å². The lowest BCUT2D eigenvalue weighted by atomic mass is 9.98. The Bertz CT molecular complexity index is 720. The van der Waals surface area contributed by atoms with Gasteiger partial charge >= 0.3 is 0 Å². The van der Waals surface area contributed by atoms with Crippen LogP contribution >= 0.6 is 0 Å². The van der Waals surface area contributed by atoms with E-state index in [0.717, 1.165) is 10.5 Å². The van der Waals surface area contributed by atoms with Crippen LogP contribution in [-0.2, 0) is 9.59 Å². The minimum Gasteiger partial charge on any atom is -0.357 e. The van der Waals surface area contributed by atoms with E-state index in [4.69, 9.17) is 5.21 Å². The monoisotopic (exact) mass is 359 g/mol. The van der Waals surface area contributed by atoms with Gasteiger partial charge in [0.05, 0.1) is 0 Å². The number of nitrogens with zero attached hydrogens (tertiary/aromatic N) is 1. The number of carbonyl (C=O) groups excluding carboxylic acids is 3. The summed E-state index contributed by atoms with van der Waals surface area (Å²) in [7, 11) is 2.69. The van der Waals surface area contributed by atoms with Crippen LogP contribution in [-0.4, -0.2) is 48.0 Å². The van der Waals surface area contributed by atoms with Crippen LogP contribution in [0, 0.1) is 5.92 Å². The van der Waals surface area contributed by atoms with E-state index in [9.17, 15) is 14.4 Å². The van der Waals surface area contributed by atoms with E-state index in [0.29, 0.717) is 11.5 Å². The molecule has 1 aromatic carbocycles. The highest BCUT2D eigenvalue weighted by atomic mass is 16.5. The predicted octanol–water partition coefficient (Wildman–Crippen LogP) is 1.58. The standard InChI is InChI=1S/C19H25N3O4/c1-11(13-5-6-13)12(2)14-7-9-15(10-8-14)19(25)22(4)16(17(23)20-3)18(24)21-26/h7-10,13,16,26H,5-6H2,1-4H3,(H,20,23)(H,21,24)/b12-11+. The van der Waals surface area contributed by atoms with Gasteiger partial charge in [0, 0.05) is 19.7 Å². The van der Waals surface area contributed by atoms with Gasteiger partial charge < -0.3 is 10.2 Å². The fraction of sp³-hybridized carbons (Fsp3) is 0.421. The van der Waals surface area contributed by atoms with Crippen molar-refractivity contribution in [2.75, 3.05) is 14.1 Å². The van der Waals surface area contributed by atoms with E-state index in [2.05, 4.69) is 19.2 Å². The number of hydrogen-bond acceptors (Lipinski definition) is 4. The summed E-state index contributed by atoms with van der Waals surface area (Å²) in [5, 5.41) is 11.1. The van der Waals surface area contributed by atoms with Crippen molar-refractivity contribution in [3.8, 4) is 0 Å². The first kappa shape index (κ1) is 19.7. The molecule has 2 rings (SSSR count). The Balaban J connectivity index is 2.21. The molecule has 0 bridgehead atoms. The topological polar surface area (TPSA) is 98.7 Å². The molecular formula is C19H25N3O4. The third kappa shape index (κ3) is 4.11. The van der Waals surface area contributed by atoms with Gasteiger partial charge in [-0.15, -0.1) is 0 Å². The average Bonchev–Trinajstić information content (AvgIpc) is 3.51. The molecule has 0 saturated heterocycles. The quantitative estimate of drug-likeness (QED) is 0.408. The van der Waals surface area contributed by atoms with E-state index >= 15 is 0 Å². The maximum atomic E-state index is 12.6. The number of rotatable bonds is 6. The van der Waals surface area contributed by atoms with Crippen LogP contribution in [0.15, 0.2) is 29.8 Å². The molecule has 1 aliphatic carbocycles. The third-order valence-electron chi connectivity index (χ3n) is 4.91.